The fourth-order valence-electron chi connectivity index (χ4n) is 2.94. The number of thioether (sulfide) groups is 1. The molecular formula is C20H21F2N3O3S. The second-order valence-corrected chi connectivity index (χ2v) is 7.74. The summed E-state index contributed by atoms with van der Waals surface area (Å²) in [5.74, 6) is -0.0282. The van der Waals surface area contributed by atoms with Gasteiger partial charge in [0.05, 0.1) is 11.1 Å². The molecule has 1 aliphatic heterocycles. The molecule has 2 aromatic carbocycles. The van der Waals surface area contributed by atoms with Gasteiger partial charge in [-0.05, 0) is 43.2 Å². The van der Waals surface area contributed by atoms with Crippen LogP contribution in [0.1, 0.15) is 29.3 Å². The van der Waals surface area contributed by atoms with Crippen LogP contribution in [0.25, 0.3) is 0 Å². The predicted molar refractivity (Wildman–Crippen MR) is 109 cm³/mol. The molecule has 1 unspecified atom stereocenters. The third kappa shape index (κ3) is 5.04. The van der Waals surface area contributed by atoms with Crippen molar-refractivity contribution in [1.82, 2.24) is 0 Å². The molecule has 3 rings (SSSR count). The molecule has 1 amide bonds. The van der Waals surface area contributed by atoms with Crippen LogP contribution < -0.4 is 15.8 Å². The van der Waals surface area contributed by atoms with Gasteiger partial charge < -0.3 is 15.8 Å². The maximum absolute atomic E-state index is 13.4. The van der Waals surface area contributed by atoms with Gasteiger partial charge in [0, 0.05) is 18.6 Å². The molecule has 9 heteroatoms. The lowest BCUT2D eigenvalue weighted by Gasteiger charge is -2.30. The van der Waals surface area contributed by atoms with E-state index in [1.807, 2.05) is 13.0 Å². The number of amides is 1. The summed E-state index contributed by atoms with van der Waals surface area (Å²) >= 11 is 1.51. The Hall–Kier alpha value is -2.65. The minimum Gasteiger partial charge on any atom is -0.409 e. The van der Waals surface area contributed by atoms with Crippen molar-refractivity contribution < 1.29 is 23.0 Å². The number of halogens is 2. The van der Waals surface area contributed by atoms with E-state index in [-0.39, 0.29) is 11.3 Å². The number of anilines is 1. The van der Waals surface area contributed by atoms with Crippen LogP contribution in [0.5, 0.6) is 5.75 Å². The first-order valence-electron chi connectivity index (χ1n) is 8.83. The summed E-state index contributed by atoms with van der Waals surface area (Å²) in [4.78, 5) is 17.3. The van der Waals surface area contributed by atoms with Crippen LogP contribution in [0.15, 0.2) is 53.5 Å². The molecule has 3 N–H and O–H groups in total. The summed E-state index contributed by atoms with van der Waals surface area (Å²) in [5.41, 5.74) is 6.75. The number of methoxy groups -OCH3 is 1. The van der Waals surface area contributed by atoms with E-state index in [9.17, 15) is 13.6 Å². The molecular weight excluding hydrogens is 400 g/mol. The highest BCUT2D eigenvalue weighted by Crippen LogP contribution is 2.36. The van der Waals surface area contributed by atoms with Crippen LogP contribution in [-0.2, 0) is 10.3 Å². The summed E-state index contributed by atoms with van der Waals surface area (Å²) in [6.07, 6.45) is -3.04. The molecule has 0 radical (unpaired) electrons. The van der Waals surface area contributed by atoms with Crippen molar-refractivity contribution in [3.05, 3.63) is 59.7 Å². The number of carbonyl (C=O) groups is 1. The molecule has 1 atom stereocenters. The lowest BCUT2D eigenvalue weighted by atomic mass is 9.89. The van der Waals surface area contributed by atoms with Crippen LogP contribution in [0.4, 0.5) is 14.5 Å². The highest BCUT2D eigenvalue weighted by Gasteiger charge is 2.33. The second-order valence-electron chi connectivity index (χ2n) is 6.62. The smallest absolute Gasteiger partial charge is 0.409 e. The Morgan fingerprint density at radius 2 is 2.03 bits per heavy atom. The monoisotopic (exact) mass is 421 g/mol. The summed E-state index contributed by atoms with van der Waals surface area (Å²) in [6.45, 7) is 1.98. The first-order chi connectivity index (χ1) is 13.7. The SMILES string of the molecule is COC(F)(F)Oc1ccccc1C(=O)Nc1cccc(C2(C)CCSC(N)=N2)c1. The van der Waals surface area contributed by atoms with Crippen LogP contribution in [-0.4, -0.2) is 30.2 Å². The van der Waals surface area contributed by atoms with Crippen molar-refractivity contribution in [2.24, 2.45) is 10.7 Å². The first kappa shape index (κ1) is 21.1. The van der Waals surface area contributed by atoms with Crippen molar-refractivity contribution in [3.8, 4) is 5.75 Å². The Kier molecular flexibility index (Phi) is 6.09. The number of para-hydroxylation sites is 1. The zero-order valence-corrected chi connectivity index (χ0v) is 16.8. The van der Waals surface area contributed by atoms with Crippen molar-refractivity contribution in [2.45, 2.75) is 25.2 Å². The largest absolute Gasteiger partial charge is 0.535 e. The van der Waals surface area contributed by atoms with E-state index in [1.54, 1.807) is 24.3 Å². The van der Waals surface area contributed by atoms with Gasteiger partial charge in [-0.3, -0.25) is 14.5 Å². The van der Waals surface area contributed by atoms with E-state index in [2.05, 4.69) is 19.8 Å². The number of hydrogen-bond acceptors (Lipinski definition) is 6. The Labute approximate surface area is 171 Å². The normalized spacial score (nSPS) is 19.4. The Balaban J connectivity index is 1.83. The average Bonchev–Trinajstić information content (AvgIpc) is 2.68. The predicted octanol–water partition coefficient (Wildman–Crippen LogP) is 4.18. The molecule has 0 aliphatic carbocycles. The van der Waals surface area contributed by atoms with Crippen LogP contribution in [0.2, 0.25) is 0 Å². The number of carbonyl (C=O) groups excluding carboxylic acids is 1. The summed E-state index contributed by atoms with van der Waals surface area (Å²) in [7, 11) is 0.813. The van der Waals surface area contributed by atoms with Gasteiger partial charge in [-0.25, -0.2) is 0 Å². The maximum atomic E-state index is 13.4. The quantitative estimate of drug-likeness (QED) is 0.684. The molecule has 1 heterocycles. The number of aliphatic imine (C=N–C) groups is 1. The van der Waals surface area contributed by atoms with Gasteiger partial charge in [-0.1, -0.05) is 36.0 Å². The molecule has 154 valence electrons. The van der Waals surface area contributed by atoms with E-state index in [4.69, 9.17) is 5.73 Å². The van der Waals surface area contributed by atoms with Gasteiger partial charge in [-0.2, -0.15) is 0 Å². The lowest BCUT2D eigenvalue weighted by Crippen LogP contribution is -2.29. The number of amidine groups is 1. The maximum Gasteiger partial charge on any atom is 0.535 e. The van der Waals surface area contributed by atoms with Gasteiger partial charge in [-0.15, -0.1) is 8.78 Å². The average molecular weight is 421 g/mol. The molecule has 0 spiro atoms. The van der Waals surface area contributed by atoms with Crippen molar-refractivity contribution in [1.29, 1.82) is 0 Å². The Morgan fingerprint density at radius 1 is 1.28 bits per heavy atom. The van der Waals surface area contributed by atoms with E-state index in [0.717, 1.165) is 24.8 Å². The fraction of sp³-hybridized carbons (Fsp3) is 0.300. The molecule has 0 bridgehead atoms. The van der Waals surface area contributed by atoms with Crippen LogP contribution >= 0.6 is 11.8 Å². The van der Waals surface area contributed by atoms with E-state index in [0.29, 0.717) is 10.9 Å². The zero-order valence-electron chi connectivity index (χ0n) is 15.9. The van der Waals surface area contributed by atoms with Crippen molar-refractivity contribution >= 4 is 28.5 Å². The highest BCUT2D eigenvalue weighted by molar-refractivity contribution is 8.13. The zero-order chi connectivity index (χ0) is 21.1. The van der Waals surface area contributed by atoms with Gasteiger partial charge in [0.25, 0.3) is 5.91 Å². The lowest BCUT2D eigenvalue weighted by molar-refractivity contribution is -0.342. The fourth-order valence-corrected chi connectivity index (χ4v) is 3.91. The van der Waals surface area contributed by atoms with Crippen molar-refractivity contribution in [3.63, 3.8) is 0 Å². The third-order valence-electron chi connectivity index (χ3n) is 4.54. The minimum atomic E-state index is -3.85. The molecule has 0 fully saturated rings. The van der Waals surface area contributed by atoms with Crippen LogP contribution in [0, 0.1) is 0 Å². The number of nitrogens with one attached hydrogen (secondary N) is 1. The molecule has 29 heavy (non-hydrogen) atoms. The van der Waals surface area contributed by atoms with Gasteiger partial charge in [0.1, 0.15) is 5.75 Å². The first-order valence-corrected chi connectivity index (χ1v) is 9.82. The Morgan fingerprint density at radius 3 is 2.76 bits per heavy atom. The van der Waals surface area contributed by atoms with E-state index in [1.165, 1.54) is 30.0 Å². The topological polar surface area (TPSA) is 85.9 Å². The summed E-state index contributed by atoms with van der Waals surface area (Å²) in [5, 5.41) is 3.25. The number of nitrogens with two attached hydrogens (primary N) is 1. The number of alkyl halides is 2. The summed E-state index contributed by atoms with van der Waals surface area (Å²) < 4.78 is 35.4. The molecule has 0 saturated carbocycles. The number of benzene rings is 2. The molecule has 2 aromatic rings. The molecule has 0 aromatic heterocycles. The van der Waals surface area contributed by atoms with E-state index >= 15 is 0 Å². The van der Waals surface area contributed by atoms with Gasteiger partial charge >= 0.3 is 6.29 Å². The molecule has 6 nitrogen and oxygen atoms in total. The second kappa shape index (κ2) is 8.38. The molecule has 0 saturated heterocycles. The third-order valence-corrected chi connectivity index (χ3v) is 5.33. The standard InChI is InChI=1S/C20H21F2N3O3S/c1-19(10-11-29-18(23)25-19)13-6-5-7-14(12-13)24-17(26)15-8-3-4-9-16(15)28-20(21,22)27-2/h3-9,12H,10-11H2,1-2H3,(H2,23,25)(H,24,26). The molecule has 1 aliphatic rings. The highest BCUT2D eigenvalue weighted by atomic mass is 32.2. The minimum absolute atomic E-state index is 0.0443. The number of nitrogens with zero attached hydrogens (tertiary/aromatic N) is 1. The van der Waals surface area contributed by atoms with E-state index < -0.39 is 17.7 Å². The van der Waals surface area contributed by atoms with Gasteiger partial charge in [0.15, 0.2) is 5.17 Å². The van der Waals surface area contributed by atoms with Crippen LogP contribution in [0.3, 0.4) is 0 Å². The number of rotatable bonds is 6. The Bertz CT molecular complexity index is 939. The number of hydrogen-bond donors (Lipinski definition) is 2. The number of ether oxygens (including phenoxy) is 2. The summed E-state index contributed by atoms with van der Waals surface area (Å²) in [6, 6.07) is 12.9. The van der Waals surface area contributed by atoms with Crippen molar-refractivity contribution in [2.75, 3.05) is 18.2 Å². The van der Waals surface area contributed by atoms with Gasteiger partial charge in [0.2, 0.25) is 0 Å².